The lowest BCUT2D eigenvalue weighted by molar-refractivity contribution is 0.0969. The molecule has 0 atom stereocenters. The van der Waals surface area contributed by atoms with Crippen LogP contribution in [-0.4, -0.2) is 54.8 Å². The van der Waals surface area contributed by atoms with E-state index in [-0.39, 0.29) is 17.6 Å². The first kappa shape index (κ1) is 19.9. The van der Waals surface area contributed by atoms with Crippen LogP contribution in [0.4, 0.5) is 4.39 Å². The molecule has 1 aromatic carbocycles. The molecule has 0 spiro atoms. The zero-order valence-electron chi connectivity index (χ0n) is 15.2. The van der Waals surface area contributed by atoms with Crippen LogP contribution in [0.25, 0.3) is 0 Å². The quantitative estimate of drug-likeness (QED) is 0.265. The van der Waals surface area contributed by atoms with Gasteiger partial charge in [-0.15, -0.1) is 0 Å². The number of carbonyl (C=O) groups is 1. The molecule has 0 amide bonds. The number of hydrogen-bond donors (Lipinski definition) is 1. The summed E-state index contributed by atoms with van der Waals surface area (Å²) >= 11 is 0. The van der Waals surface area contributed by atoms with Crippen LogP contribution in [0.15, 0.2) is 29.3 Å². The van der Waals surface area contributed by atoms with Gasteiger partial charge in [0.25, 0.3) is 0 Å². The van der Waals surface area contributed by atoms with E-state index in [0.29, 0.717) is 24.4 Å². The van der Waals surface area contributed by atoms with E-state index in [0.717, 1.165) is 38.9 Å². The van der Waals surface area contributed by atoms with Gasteiger partial charge in [-0.25, -0.2) is 9.29 Å². The third-order valence-electron chi connectivity index (χ3n) is 4.82. The molecule has 0 unspecified atom stereocenters. The van der Waals surface area contributed by atoms with Crippen LogP contribution >= 0.6 is 0 Å². The summed E-state index contributed by atoms with van der Waals surface area (Å²) in [6, 6.07) is 5.71. The number of carbonyl (C=O) groups excluding carboxylic acids is 1. The van der Waals surface area contributed by atoms with Gasteiger partial charge in [0.2, 0.25) is 5.96 Å². The van der Waals surface area contributed by atoms with Crippen molar-refractivity contribution in [1.29, 1.82) is 5.26 Å². The first-order valence-corrected chi connectivity index (χ1v) is 8.94. The maximum atomic E-state index is 12.9. The molecule has 1 aliphatic heterocycles. The second-order valence-electron chi connectivity index (χ2n) is 6.61. The molecule has 1 saturated heterocycles. The molecule has 0 radical (unpaired) electrons. The molecule has 26 heavy (non-hydrogen) atoms. The molecule has 7 heteroatoms. The van der Waals surface area contributed by atoms with E-state index in [2.05, 4.69) is 16.1 Å². The molecule has 2 N–H and O–H groups in total. The molecule has 0 saturated carbocycles. The average Bonchev–Trinajstić information content (AvgIpc) is 2.67. The first-order valence-electron chi connectivity index (χ1n) is 8.94. The summed E-state index contributed by atoms with van der Waals surface area (Å²) in [6.45, 7) is 3.40. The largest absolute Gasteiger partial charge is 0.369 e. The van der Waals surface area contributed by atoms with Crippen molar-refractivity contribution in [3.63, 3.8) is 0 Å². The van der Waals surface area contributed by atoms with Crippen molar-refractivity contribution in [3.8, 4) is 6.19 Å². The number of aliphatic imine (C=N–C) groups is 1. The molecule has 1 heterocycles. The maximum Gasteiger partial charge on any atom is 0.204 e. The van der Waals surface area contributed by atoms with Crippen molar-refractivity contribution >= 4 is 11.7 Å². The third-order valence-corrected chi connectivity index (χ3v) is 4.82. The average molecular weight is 359 g/mol. The summed E-state index contributed by atoms with van der Waals surface area (Å²) in [7, 11) is 1.58. The lowest BCUT2D eigenvalue weighted by atomic mass is 9.96. The van der Waals surface area contributed by atoms with E-state index in [1.165, 1.54) is 29.2 Å². The van der Waals surface area contributed by atoms with Gasteiger partial charge in [-0.1, -0.05) is 0 Å². The number of nitrogens with two attached hydrogens (primary N) is 1. The van der Waals surface area contributed by atoms with Crippen LogP contribution in [0.2, 0.25) is 0 Å². The van der Waals surface area contributed by atoms with Gasteiger partial charge < -0.3 is 10.6 Å². The molecule has 6 nitrogen and oxygen atoms in total. The number of piperidine rings is 1. The van der Waals surface area contributed by atoms with Gasteiger partial charge in [-0.05, 0) is 69.1 Å². The Balaban J connectivity index is 1.68. The fraction of sp³-hybridized carbons (Fsp3) is 0.526. The lowest BCUT2D eigenvalue weighted by Crippen LogP contribution is -2.41. The van der Waals surface area contributed by atoms with E-state index in [9.17, 15) is 9.18 Å². The highest BCUT2D eigenvalue weighted by Crippen LogP contribution is 2.19. The Morgan fingerprint density at radius 3 is 2.62 bits per heavy atom. The van der Waals surface area contributed by atoms with Crippen molar-refractivity contribution in [1.82, 2.24) is 9.80 Å². The number of likely N-dealkylation sites (tertiary alicyclic amines) is 1. The normalized spacial score (nSPS) is 16.3. The van der Waals surface area contributed by atoms with E-state index in [1.807, 2.05) is 0 Å². The van der Waals surface area contributed by atoms with Gasteiger partial charge in [0.1, 0.15) is 5.82 Å². The summed E-state index contributed by atoms with van der Waals surface area (Å²) in [4.78, 5) is 19.8. The van der Waals surface area contributed by atoms with Crippen LogP contribution in [0.1, 0.15) is 36.0 Å². The van der Waals surface area contributed by atoms with Gasteiger partial charge in [0.05, 0.1) is 0 Å². The van der Waals surface area contributed by atoms with Crippen LogP contribution in [0.3, 0.4) is 0 Å². The highest BCUT2D eigenvalue weighted by molar-refractivity contribution is 5.95. The summed E-state index contributed by atoms with van der Waals surface area (Å²) in [5.74, 6) is 0.409. The van der Waals surface area contributed by atoms with Gasteiger partial charge in [0, 0.05) is 25.6 Å². The Morgan fingerprint density at radius 1 is 1.38 bits per heavy atom. The zero-order chi connectivity index (χ0) is 18.9. The SMILES string of the molecule is CN=C(N)N(C#N)CC1CCN(CCCC(=O)c2ccc(F)cc2)CC1. The maximum absolute atomic E-state index is 12.9. The number of benzene rings is 1. The van der Waals surface area contributed by atoms with Crippen molar-refractivity contribution < 1.29 is 9.18 Å². The van der Waals surface area contributed by atoms with Gasteiger partial charge >= 0.3 is 0 Å². The van der Waals surface area contributed by atoms with E-state index in [1.54, 1.807) is 7.05 Å². The number of guanidine groups is 1. The highest BCUT2D eigenvalue weighted by atomic mass is 19.1. The number of nitriles is 1. The Hall–Kier alpha value is -2.46. The predicted molar refractivity (Wildman–Crippen MR) is 99.0 cm³/mol. The molecule has 0 bridgehead atoms. The van der Waals surface area contributed by atoms with Gasteiger partial charge in [-0.2, -0.15) is 5.26 Å². The van der Waals surface area contributed by atoms with Crippen molar-refractivity contribution in [2.75, 3.05) is 33.2 Å². The fourth-order valence-corrected chi connectivity index (χ4v) is 3.20. The standard InChI is InChI=1S/C19H26FN5O/c1-23-19(22)25(14-21)13-15-8-11-24(12-9-15)10-2-3-18(26)16-4-6-17(20)7-5-16/h4-7,15H,2-3,8-13H2,1H3,(H2,22,23). The Morgan fingerprint density at radius 2 is 2.04 bits per heavy atom. The molecule has 140 valence electrons. The minimum atomic E-state index is -0.327. The van der Waals surface area contributed by atoms with Gasteiger partial charge in [0.15, 0.2) is 12.0 Å². The van der Waals surface area contributed by atoms with Crippen molar-refractivity contribution in [3.05, 3.63) is 35.6 Å². The molecule has 1 aliphatic rings. The number of rotatable bonds is 7. The number of halogens is 1. The second kappa shape index (κ2) is 9.88. The van der Waals surface area contributed by atoms with E-state index < -0.39 is 0 Å². The molecule has 0 aliphatic carbocycles. The fourth-order valence-electron chi connectivity index (χ4n) is 3.20. The third kappa shape index (κ3) is 5.81. The molecular weight excluding hydrogens is 333 g/mol. The minimum Gasteiger partial charge on any atom is -0.369 e. The van der Waals surface area contributed by atoms with Crippen LogP contribution < -0.4 is 5.73 Å². The molecule has 1 fully saturated rings. The minimum absolute atomic E-state index is 0.0545. The molecule has 2 rings (SSSR count). The summed E-state index contributed by atoms with van der Waals surface area (Å²) in [6.07, 6.45) is 5.34. The summed E-state index contributed by atoms with van der Waals surface area (Å²) in [5.41, 5.74) is 6.28. The lowest BCUT2D eigenvalue weighted by Gasteiger charge is -2.33. The highest BCUT2D eigenvalue weighted by Gasteiger charge is 2.22. The van der Waals surface area contributed by atoms with Crippen LogP contribution in [0, 0.1) is 23.2 Å². The number of ketones is 1. The zero-order valence-corrected chi connectivity index (χ0v) is 15.2. The van der Waals surface area contributed by atoms with Crippen LogP contribution in [-0.2, 0) is 0 Å². The predicted octanol–water partition coefficient (Wildman–Crippen LogP) is 2.23. The van der Waals surface area contributed by atoms with E-state index >= 15 is 0 Å². The number of Topliss-reactive ketones (excluding diaryl/α,β-unsaturated/α-hetero) is 1. The molecule has 0 aromatic heterocycles. The number of hydrogen-bond acceptors (Lipinski definition) is 4. The second-order valence-corrected chi connectivity index (χ2v) is 6.61. The van der Waals surface area contributed by atoms with Crippen molar-refractivity contribution in [2.45, 2.75) is 25.7 Å². The summed E-state index contributed by atoms with van der Waals surface area (Å²) < 4.78 is 12.9. The van der Waals surface area contributed by atoms with Crippen LogP contribution in [0.5, 0.6) is 0 Å². The van der Waals surface area contributed by atoms with E-state index in [4.69, 9.17) is 11.0 Å². The van der Waals surface area contributed by atoms with Gasteiger partial charge in [-0.3, -0.25) is 9.79 Å². The Labute approximate surface area is 154 Å². The molecular formula is C19H26FN5O. The Kier molecular flexibility index (Phi) is 7.54. The van der Waals surface area contributed by atoms with Crippen molar-refractivity contribution in [2.24, 2.45) is 16.6 Å². The number of nitrogens with zero attached hydrogens (tertiary/aromatic N) is 4. The monoisotopic (exact) mass is 359 g/mol. The first-order chi connectivity index (χ1) is 12.5. The molecule has 1 aromatic rings. The summed E-state index contributed by atoms with van der Waals surface area (Å²) in [5, 5.41) is 9.14. The topological polar surface area (TPSA) is 85.7 Å². The Bertz CT molecular complexity index is 660. The smallest absolute Gasteiger partial charge is 0.204 e.